The molecular formula is C13H19N3O4. The van der Waals surface area contributed by atoms with Crippen LogP contribution in [0.5, 0.6) is 5.88 Å². The van der Waals surface area contributed by atoms with Crippen molar-refractivity contribution >= 4 is 17.7 Å². The van der Waals surface area contributed by atoms with Gasteiger partial charge in [-0.3, -0.25) is 0 Å². The summed E-state index contributed by atoms with van der Waals surface area (Å²) in [5.41, 5.74) is 0.457. The molecule has 1 heterocycles. The Morgan fingerprint density at radius 2 is 2.10 bits per heavy atom. The first-order valence-corrected chi connectivity index (χ1v) is 6.33. The van der Waals surface area contributed by atoms with Crippen LogP contribution in [0.25, 0.3) is 0 Å². The molecule has 0 bridgehead atoms. The van der Waals surface area contributed by atoms with Gasteiger partial charge in [0, 0.05) is 6.07 Å². The lowest BCUT2D eigenvalue weighted by Gasteiger charge is -2.18. The van der Waals surface area contributed by atoms with Gasteiger partial charge in [-0.15, -0.1) is 0 Å². The summed E-state index contributed by atoms with van der Waals surface area (Å²) < 4.78 is 5.18. The summed E-state index contributed by atoms with van der Waals surface area (Å²) >= 11 is 0. The molecule has 0 saturated carbocycles. The molecule has 0 spiro atoms. The number of nitrogens with zero attached hydrogens (tertiary/aromatic N) is 1. The van der Waals surface area contributed by atoms with E-state index in [4.69, 9.17) is 9.84 Å². The number of amides is 2. The fraction of sp³-hybridized carbons (Fsp3) is 0.462. The minimum absolute atomic E-state index is 0.211. The highest BCUT2D eigenvalue weighted by Gasteiger charge is 2.23. The second-order valence-corrected chi connectivity index (χ2v) is 4.48. The van der Waals surface area contributed by atoms with Crippen molar-refractivity contribution in [2.24, 2.45) is 5.92 Å². The second kappa shape index (κ2) is 7.32. The van der Waals surface area contributed by atoms with E-state index < -0.39 is 18.0 Å². The first kappa shape index (κ1) is 15.7. The molecule has 0 aliphatic carbocycles. The topological polar surface area (TPSA) is 101 Å². The van der Waals surface area contributed by atoms with Gasteiger partial charge in [0.05, 0.1) is 18.5 Å². The lowest BCUT2D eigenvalue weighted by molar-refractivity contribution is -0.140. The third-order valence-corrected chi connectivity index (χ3v) is 2.51. The number of urea groups is 1. The molecule has 0 aromatic carbocycles. The van der Waals surface area contributed by atoms with Crippen molar-refractivity contribution in [3.8, 4) is 5.88 Å². The van der Waals surface area contributed by atoms with E-state index in [2.05, 4.69) is 15.6 Å². The van der Waals surface area contributed by atoms with Gasteiger partial charge in [0.1, 0.15) is 6.04 Å². The number of carbonyl (C=O) groups excluding carboxylic acids is 1. The predicted molar refractivity (Wildman–Crippen MR) is 73.8 cm³/mol. The van der Waals surface area contributed by atoms with Gasteiger partial charge in [-0.2, -0.15) is 0 Å². The summed E-state index contributed by atoms with van der Waals surface area (Å²) in [7, 11) is 0. The normalized spacial score (nSPS) is 11.8. The molecule has 20 heavy (non-hydrogen) atoms. The van der Waals surface area contributed by atoms with Gasteiger partial charge in [0.15, 0.2) is 0 Å². The van der Waals surface area contributed by atoms with Crippen LogP contribution in [0.4, 0.5) is 10.5 Å². The summed E-state index contributed by atoms with van der Waals surface area (Å²) in [5.74, 6) is -0.819. The largest absolute Gasteiger partial charge is 0.480 e. The average Bonchev–Trinajstić information content (AvgIpc) is 2.38. The van der Waals surface area contributed by atoms with Crippen LogP contribution in [-0.2, 0) is 4.79 Å². The fourth-order valence-electron chi connectivity index (χ4n) is 1.51. The van der Waals surface area contributed by atoms with Crippen molar-refractivity contribution in [2.45, 2.75) is 26.8 Å². The van der Waals surface area contributed by atoms with Crippen LogP contribution in [0.2, 0.25) is 0 Å². The number of rotatable bonds is 6. The smallest absolute Gasteiger partial charge is 0.326 e. The highest BCUT2D eigenvalue weighted by Crippen LogP contribution is 2.11. The quantitative estimate of drug-likeness (QED) is 0.737. The van der Waals surface area contributed by atoms with Crippen molar-refractivity contribution in [1.29, 1.82) is 0 Å². The van der Waals surface area contributed by atoms with Gasteiger partial charge < -0.3 is 20.5 Å². The van der Waals surface area contributed by atoms with Crippen molar-refractivity contribution in [2.75, 3.05) is 11.9 Å². The molecule has 7 heteroatoms. The van der Waals surface area contributed by atoms with E-state index >= 15 is 0 Å². The van der Waals surface area contributed by atoms with Crippen molar-refractivity contribution < 1.29 is 19.4 Å². The SMILES string of the molecule is CCOc1ccc(NC(=O)N[C@@H](C(=O)O)C(C)C)cn1. The monoisotopic (exact) mass is 281 g/mol. The Balaban J connectivity index is 2.59. The van der Waals surface area contributed by atoms with Gasteiger partial charge in [-0.05, 0) is 18.9 Å². The van der Waals surface area contributed by atoms with E-state index in [1.165, 1.54) is 6.20 Å². The van der Waals surface area contributed by atoms with E-state index in [9.17, 15) is 9.59 Å². The molecule has 7 nitrogen and oxygen atoms in total. The molecule has 3 N–H and O–H groups in total. The Morgan fingerprint density at radius 3 is 2.55 bits per heavy atom. The summed E-state index contributed by atoms with van der Waals surface area (Å²) in [6.45, 7) is 5.79. The van der Waals surface area contributed by atoms with E-state index in [1.54, 1.807) is 26.0 Å². The number of carboxylic acid groups (broad SMARTS) is 1. The van der Waals surface area contributed by atoms with E-state index in [1.807, 2.05) is 6.92 Å². The van der Waals surface area contributed by atoms with Crippen LogP contribution in [0, 0.1) is 5.92 Å². The fourth-order valence-corrected chi connectivity index (χ4v) is 1.51. The number of nitrogens with one attached hydrogen (secondary N) is 2. The lowest BCUT2D eigenvalue weighted by Crippen LogP contribution is -2.46. The Kier molecular flexibility index (Phi) is 5.76. The van der Waals surface area contributed by atoms with E-state index in [0.29, 0.717) is 18.2 Å². The van der Waals surface area contributed by atoms with Crippen molar-refractivity contribution in [3.05, 3.63) is 18.3 Å². The molecule has 0 unspecified atom stereocenters. The first-order valence-electron chi connectivity index (χ1n) is 6.33. The molecular weight excluding hydrogens is 262 g/mol. The predicted octanol–water partition coefficient (Wildman–Crippen LogP) is 1.71. The van der Waals surface area contributed by atoms with E-state index in [0.717, 1.165) is 0 Å². The van der Waals surface area contributed by atoms with Crippen LogP contribution < -0.4 is 15.4 Å². The minimum Gasteiger partial charge on any atom is -0.480 e. The molecule has 0 saturated heterocycles. The maximum absolute atomic E-state index is 11.7. The molecule has 1 rings (SSSR count). The number of carboxylic acids is 1. The zero-order chi connectivity index (χ0) is 15.1. The maximum Gasteiger partial charge on any atom is 0.326 e. The highest BCUT2D eigenvalue weighted by atomic mass is 16.5. The minimum atomic E-state index is -1.07. The summed E-state index contributed by atoms with van der Waals surface area (Å²) in [6.07, 6.45) is 1.44. The maximum atomic E-state index is 11.7. The Labute approximate surface area is 117 Å². The number of anilines is 1. The van der Waals surface area contributed by atoms with Crippen LogP contribution in [0.3, 0.4) is 0 Å². The van der Waals surface area contributed by atoms with Gasteiger partial charge in [-0.1, -0.05) is 13.8 Å². The number of pyridine rings is 1. The molecule has 0 aliphatic heterocycles. The zero-order valence-corrected chi connectivity index (χ0v) is 11.7. The number of ether oxygens (including phenoxy) is 1. The number of carbonyl (C=O) groups is 2. The lowest BCUT2D eigenvalue weighted by atomic mass is 10.1. The van der Waals surface area contributed by atoms with Crippen LogP contribution >= 0.6 is 0 Å². The van der Waals surface area contributed by atoms with Gasteiger partial charge in [-0.25, -0.2) is 14.6 Å². The number of aliphatic carboxylic acids is 1. The molecule has 0 aliphatic rings. The van der Waals surface area contributed by atoms with Crippen molar-refractivity contribution in [1.82, 2.24) is 10.3 Å². The standard InChI is InChI=1S/C13H19N3O4/c1-4-20-10-6-5-9(7-14-10)15-13(19)16-11(8(2)3)12(17)18/h5-8,11H,4H2,1-3H3,(H,17,18)(H2,15,16,19)/t11-/m1/s1. The van der Waals surface area contributed by atoms with Crippen LogP contribution in [0.1, 0.15) is 20.8 Å². The third-order valence-electron chi connectivity index (χ3n) is 2.51. The Morgan fingerprint density at radius 1 is 1.40 bits per heavy atom. The molecule has 1 aromatic heterocycles. The van der Waals surface area contributed by atoms with Gasteiger partial charge in [0.25, 0.3) is 0 Å². The third kappa shape index (κ3) is 4.75. The van der Waals surface area contributed by atoms with E-state index in [-0.39, 0.29) is 5.92 Å². The first-order chi connectivity index (χ1) is 9.43. The Hall–Kier alpha value is -2.31. The summed E-state index contributed by atoms with van der Waals surface area (Å²) in [5, 5.41) is 13.9. The highest BCUT2D eigenvalue weighted by molar-refractivity contribution is 5.92. The van der Waals surface area contributed by atoms with Gasteiger partial charge >= 0.3 is 12.0 Å². The molecule has 1 aromatic rings. The summed E-state index contributed by atoms with van der Waals surface area (Å²) in [4.78, 5) is 26.7. The Bertz CT molecular complexity index is 459. The number of hydrogen-bond acceptors (Lipinski definition) is 4. The summed E-state index contributed by atoms with van der Waals surface area (Å²) in [6, 6.07) is 1.72. The van der Waals surface area contributed by atoms with Gasteiger partial charge in [0.2, 0.25) is 5.88 Å². The molecule has 110 valence electrons. The second-order valence-electron chi connectivity index (χ2n) is 4.48. The number of hydrogen-bond donors (Lipinski definition) is 3. The molecule has 0 radical (unpaired) electrons. The molecule has 1 atom stereocenters. The van der Waals surface area contributed by atoms with Crippen LogP contribution in [0.15, 0.2) is 18.3 Å². The molecule has 2 amide bonds. The number of aromatic nitrogens is 1. The van der Waals surface area contributed by atoms with Crippen LogP contribution in [-0.4, -0.2) is 34.7 Å². The van der Waals surface area contributed by atoms with Crippen molar-refractivity contribution in [3.63, 3.8) is 0 Å². The average molecular weight is 281 g/mol. The zero-order valence-electron chi connectivity index (χ0n) is 11.7. The molecule has 0 fully saturated rings.